The zero-order valence-electron chi connectivity index (χ0n) is 11.6. The number of furan rings is 1. The van der Waals surface area contributed by atoms with Crippen LogP contribution >= 0.6 is 0 Å². The molecule has 6 heteroatoms. The van der Waals surface area contributed by atoms with Crippen LogP contribution in [0.25, 0.3) is 5.76 Å². The molecule has 22 heavy (non-hydrogen) atoms. The van der Waals surface area contributed by atoms with E-state index in [9.17, 15) is 9.90 Å². The third kappa shape index (κ3) is 2.95. The second kappa shape index (κ2) is 6.09. The number of nitrogens with one attached hydrogen (secondary N) is 1. The van der Waals surface area contributed by atoms with Crippen LogP contribution < -0.4 is 0 Å². The molecule has 2 aromatic heterocycles. The van der Waals surface area contributed by atoms with Gasteiger partial charge in [-0.15, -0.1) is 0 Å². The van der Waals surface area contributed by atoms with E-state index < -0.39 is 5.78 Å². The van der Waals surface area contributed by atoms with Crippen molar-refractivity contribution >= 4 is 11.5 Å². The lowest BCUT2D eigenvalue weighted by Gasteiger charge is -2.01. The number of aliphatic hydroxyl groups excluding tert-OH is 1. The van der Waals surface area contributed by atoms with Gasteiger partial charge in [-0.25, -0.2) is 4.98 Å². The highest BCUT2D eigenvalue weighted by Crippen LogP contribution is 2.18. The van der Waals surface area contributed by atoms with Crippen LogP contribution in [0.15, 0.2) is 59.5 Å². The van der Waals surface area contributed by atoms with Gasteiger partial charge in [-0.1, -0.05) is 30.3 Å². The van der Waals surface area contributed by atoms with E-state index in [1.807, 2.05) is 30.3 Å². The molecule has 6 nitrogen and oxygen atoms in total. The number of aromatic amines is 1. The van der Waals surface area contributed by atoms with E-state index in [0.717, 1.165) is 17.2 Å². The number of carbonyl (C=O) groups excluding carboxylic acids is 1. The minimum atomic E-state index is -0.426. The number of hydrogen-bond donors (Lipinski definition) is 2. The molecule has 0 aliphatic heterocycles. The van der Waals surface area contributed by atoms with Crippen LogP contribution in [0.1, 0.15) is 27.5 Å². The summed E-state index contributed by atoms with van der Waals surface area (Å²) in [5.41, 5.74) is 1.83. The summed E-state index contributed by atoms with van der Waals surface area (Å²) in [6.45, 7) is 0. The van der Waals surface area contributed by atoms with Crippen LogP contribution in [0.4, 0.5) is 0 Å². The van der Waals surface area contributed by atoms with Gasteiger partial charge in [-0.2, -0.15) is 5.10 Å². The third-order valence-corrected chi connectivity index (χ3v) is 3.13. The molecule has 1 aromatic carbocycles. The highest BCUT2D eigenvalue weighted by atomic mass is 16.3. The predicted octanol–water partition coefficient (Wildman–Crippen LogP) is 2.77. The first kappa shape index (κ1) is 13.8. The topological polar surface area (TPSA) is 92.0 Å². The molecule has 3 rings (SSSR count). The Kier molecular flexibility index (Phi) is 3.82. The Labute approximate surface area is 126 Å². The number of aliphatic hydroxyl groups is 1. The van der Waals surface area contributed by atoms with Crippen LogP contribution in [-0.4, -0.2) is 26.1 Å². The molecule has 0 saturated carbocycles. The maximum Gasteiger partial charge on any atom is 0.225 e. The predicted molar refractivity (Wildman–Crippen MR) is 79.3 cm³/mol. The lowest BCUT2D eigenvalue weighted by atomic mass is 10.0. The monoisotopic (exact) mass is 295 g/mol. The first-order valence-electron chi connectivity index (χ1n) is 6.65. The number of ketones is 1. The number of carbonyl (C=O) groups is 1. The lowest BCUT2D eigenvalue weighted by Crippen LogP contribution is -2.00. The van der Waals surface area contributed by atoms with Gasteiger partial charge in [0.05, 0.1) is 6.26 Å². The number of nitrogens with zero attached hydrogens (tertiary/aromatic N) is 2. The Bertz CT molecular complexity index is 789. The summed E-state index contributed by atoms with van der Waals surface area (Å²) >= 11 is 0. The standard InChI is InChI=1S/C16H13N3O3/c20-13(9-14(21)16-17-10-18-19-16)15-12(6-7-22-15)8-11-4-2-1-3-5-11/h1-7,9-10,21H,8H2,(H,17,18,19). The average molecular weight is 295 g/mol. The molecule has 0 amide bonds. The molecular weight excluding hydrogens is 282 g/mol. The number of aromatic nitrogens is 3. The van der Waals surface area contributed by atoms with Gasteiger partial charge in [0.15, 0.2) is 17.3 Å². The van der Waals surface area contributed by atoms with E-state index in [2.05, 4.69) is 15.2 Å². The zero-order chi connectivity index (χ0) is 15.4. The van der Waals surface area contributed by atoms with Crippen molar-refractivity contribution in [3.8, 4) is 0 Å². The van der Waals surface area contributed by atoms with Gasteiger partial charge >= 0.3 is 0 Å². The first-order chi connectivity index (χ1) is 10.7. The molecule has 0 aliphatic rings. The Morgan fingerprint density at radius 3 is 2.82 bits per heavy atom. The molecule has 0 aliphatic carbocycles. The Balaban J connectivity index is 1.82. The molecule has 0 unspecified atom stereocenters. The third-order valence-electron chi connectivity index (χ3n) is 3.13. The lowest BCUT2D eigenvalue weighted by molar-refractivity contribution is 0.102. The summed E-state index contributed by atoms with van der Waals surface area (Å²) in [6, 6.07) is 11.5. The fourth-order valence-electron chi connectivity index (χ4n) is 2.09. The molecule has 2 heterocycles. The van der Waals surface area contributed by atoms with Crippen molar-refractivity contribution in [2.75, 3.05) is 0 Å². The molecule has 0 spiro atoms. The minimum Gasteiger partial charge on any atom is -0.504 e. The molecule has 3 aromatic rings. The molecule has 0 saturated heterocycles. The quantitative estimate of drug-likeness (QED) is 0.429. The van der Waals surface area contributed by atoms with Gasteiger partial charge < -0.3 is 9.52 Å². The van der Waals surface area contributed by atoms with Crippen molar-refractivity contribution in [3.05, 3.63) is 77.8 Å². The van der Waals surface area contributed by atoms with Gasteiger partial charge in [-0.05, 0) is 11.6 Å². The fourth-order valence-corrected chi connectivity index (χ4v) is 2.09. The Morgan fingerprint density at radius 2 is 2.09 bits per heavy atom. The second-order valence-corrected chi connectivity index (χ2v) is 4.67. The Morgan fingerprint density at radius 1 is 1.27 bits per heavy atom. The maximum atomic E-state index is 12.2. The van der Waals surface area contributed by atoms with Crippen molar-refractivity contribution in [1.82, 2.24) is 15.2 Å². The van der Waals surface area contributed by atoms with Gasteiger partial charge in [0.25, 0.3) is 0 Å². The summed E-state index contributed by atoms with van der Waals surface area (Å²) in [6.07, 6.45) is 4.35. The average Bonchev–Trinajstić information content (AvgIpc) is 3.19. The van der Waals surface area contributed by atoms with Crippen LogP contribution in [0.5, 0.6) is 0 Å². The van der Waals surface area contributed by atoms with E-state index in [1.165, 1.54) is 12.6 Å². The summed E-state index contributed by atoms with van der Waals surface area (Å²) < 4.78 is 5.27. The first-order valence-corrected chi connectivity index (χ1v) is 6.65. The van der Waals surface area contributed by atoms with Crippen LogP contribution in [0.3, 0.4) is 0 Å². The summed E-state index contributed by atoms with van der Waals surface area (Å²) in [5, 5.41) is 15.9. The molecule has 0 fully saturated rings. The fraction of sp³-hybridized carbons (Fsp3) is 0.0625. The van der Waals surface area contributed by atoms with Gasteiger partial charge in [0, 0.05) is 18.1 Å². The molecule has 0 radical (unpaired) electrons. The van der Waals surface area contributed by atoms with E-state index in [1.54, 1.807) is 6.07 Å². The van der Waals surface area contributed by atoms with E-state index in [-0.39, 0.29) is 17.3 Å². The van der Waals surface area contributed by atoms with Crippen molar-refractivity contribution in [2.45, 2.75) is 6.42 Å². The van der Waals surface area contributed by atoms with E-state index >= 15 is 0 Å². The molecule has 0 bridgehead atoms. The van der Waals surface area contributed by atoms with Crippen LogP contribution in [0, 0.1) is 0 Å². The normalized spacial score (nSPS) is 11.5. The van der Waals surface area contributed by atoms with Crippen molar-refractivity contribution in [1.29, 1.82) is 0 Å². The number of H-pyrrole nitrogens is 1. The molecule has 2 N–H and O–H groups in total. The SMILES string of the molecule is O=C(C=C(O)c1ncn[nH]1)c1occc1Cc1ccccc1. The van der Waals surface area contributed by atoms with E-state index in [4.69, 9.17) is 4.42 Å². The summed E-state index contributed by atoms with van der Waals surface area (Å²) in [4.78, 5) is 16.0. The molecule has 0 atom stereocenters. The van der Waals surface area contributed by atoms with Crippen molar-refractivity contribution in [3.63, 3.8) is 0 Å². The van der Waals surface area contributed by atoms with Crippen LogP contribution in [-0.2, 0) is 6.42 Å². The summed E-state index contributed by atoms with van der Waals surface area (Å²) in [7, 11) is 0. The Hall–Kier alpha value is -3.15. The smallest absolute Gasteiger partial charge is 0.225 e. The highest BCUT2D eigenvalue weighted by molar-refractivity contribution is 6.06. The van der Waals surface area contributed by atoms with Gasteiger partial charge in [-0.3, -0.25) is 9.89 Å². The summed E-state index contributed by atoms with van der Waals surface area (Å²) in [5.74, 6) is -0.381. The number of benzene rings is 1. The van der Waals surface area contributed by atoms with Crippen LogP contribution in [0.2, 0.25) is 0 Å². The highest BCUT2D eigenvalue weighted by Gasteiger charge is 2.15. The maximum absolute atomic E-state index is 12.2. The van der Waals surface area contributed by atoms with Crippen molar-refractivity contribution in [2.24, 2.45) is 0 Å². The molecule has 110 valence electrons. The zero-order valence-corrected chi connectivity index (χ0v) is 11.6. The van der Waals surface area contributed by atoms with Gasteiger partial charge in [0.2, 0.25) is 5.78 Å². The largest absolute Gasteiger partial charge is 0.504 e. The van der Waals surface area contributed by atoms with Gasteiger partial charge in [0.1, 0.15) is 6.33 Å². The number of hydrogen-bond acceptors (Lipinski definition) is 5. The number of allylic oxidation sites excluding steroid dienone is 1. The minimum absolute atomic E-state index is 0.129. The number of rotatable bonds is 5. The second-order valence-electron chi connectivity index (χ2n) is 4.67. The molecular formula is C16H13N3O3. The van der Waals surface area contributed by atoms with Crippen molar-refractivity contribution < 1.29 is 14.3 Å². The van der Waals surface area contributed by atoms with E-state index in [0.29, 0.717) is 6.42 Å².